The second-order valence-electron chi connectivity index (χ2n) is 9.53. The minimum atomic E-state index is -1.66. The molecule has 0 unspecified atom stereocenters. The van der Waals surface area contributed by atoms with Crippen LogP contribution in [0.4, 0.5) is 0 Å². The monoisotopic (exact) mass is 424 g/mol. The van der Waals surface area contributed by atoms with Crippen molar-refractivity contribution >= 4 is 5.78 Å². The highest BCUT2D eigenvalue weighted by atomic mass is 16.8. The highest BCUT2D eigenvalue weighted by Gasteiger charge is 2.73. The molecule has 0 spiro atoms. The summed E-state index contributed by atoms with van der Waals surface area (Å²) in [7, 11) is 0. The second kappa shape index (κ2) is 6.70. The van der Waals surface area contributed by atoms with E-state index >= 15 is 0 Å². The Morgan fingerprint density at radius 1 is 0.839 bits per heavy atom. The van der Waals surface area contributed by atoms with Gasteiger partial charge in [0.1, 0.15) is 17.3 Å². The van der Waals surface area contributed by atoms with E-state index in [0.717, 1.165) is 0 Å². The number of aliphatic hydroxyl groups is 1. The lowest BCUT2D eigenvalue weighted by Gasteiger charge is -2.50. The fraction of sp³-hybridized carbons (Fsp3) is 0.480. The normalized spacial score (nSPS) is 33.7. The van der Waals surface area contributed by atoms with Gasteiger partial charge in [0, 0.05) is 6.42 Å². The quantitative estimate of drug-likeness (QED) is 0.815. The molecule has 2 heterocycles. The van der Waals surface area contributed by atoms with E-state index in [9.17, 15) is 9.90 Å². The maximum atomic E-state index is 13.7. The van der Waals surface area contributed by atoms with Crippen molar-refractivity contribution in [3.05, 3.63) is 71.8 Å². The number of hydrogen-bond donors (Lipinski definition) is 1. The lowest BCUT2D eigenvalue weighted by atomic mass is 9.63. The van der Waals surface area contributed by atoms with Crippen molar-refractivity contribution in [3.8, 4) is 0 Å². The first-order chi connectivity index (χ1) is 14.6. The number of hydrogen-bond acceptors (Lipinski definition) is 6. The average molecular weight is 424 g/mol. The number of Topliss-reactive ketones (excluding diaryl/α,β-unsaturated/α-hetero) is 1. The Hall–Kier alpha value is -2.09. The van der Waals surface area contributed by atoms with Gasteiger partial charge in [-0.15, -0.1) is 0 Å². The molecule has 4 atom stereocenters. The van der Waals surface area contributed by atoms with Crippen LogP contribution in [0.2, 0.25) is 0 Å². The van der Waals surface area contributed by atoms with Crippen LogP contribution in [-0.2, 0) is 29.3 Å². The van der Waals surface area contributed by atoms with Crippen LogP contribution >= 0.6 is 0 Å². The number of ketones is 1. The summed E-state index contributed by atoms with van der Waals surface area (Å²) >= 11 is 0. The van der Waals surface area contributed by atoms with Crippen molar-refractivity contribution in [2.24, 2.45) is 0 Å². The van der Waals surface area contributed by atoms with Crippen molar-refractivity contribution in [3.63, 3.8) is 0 Å². The van der Waals surface area contributed by atoms with E-state index in [-0.39, 0.29) is 12.2 Å². The molecule has 31 heavy (non-hydrogen) atoms. The first-order valence-electron chi connectivity index (χ1n) is 10.7. The number of carbonyl (C=O) groups is 1. The van der Waals surface area contributed by atoms with Crippen LogP contribution in [0.5, 0.6) is 0 Å². The van der Waals surface area contributed by atoms with Gasteiger partial charge in [-0.25, -0.2) is 0 Å². The first-order valence-corrected chi connectivity index (χ1v) is 10.7. The Labute approximate surface area is 182 Å². The third-order valence-electron chi connectivity index (χ3n) is 6.48. The maximum Gasteiger partial charge on any atom is 0.196 e. The molecule has 0 aromatic heterocycles. The van der Waals surface area contributed by atoms with Gasteiger partial charge in [0.05, 0.1) is 6.10 Å². The molecule has 3 fully saturated rings. The topological polar surface area (TPSA) is 74.2 Å². The Morgan fingerprint density at radius 3 is 1.94 bits per heavy atom. The summed E-state index contributed by atoms with van der Waals surface area (Å²) < 4.78 is 24.7. The SMILES string of the molecule is CC1(C)O[C@@H]2C[C@@]3(C(O)(c4ccccc4)c4ccccc4)OC(C)(C)O[C@H]3C(=O)[C@@H]2O1. The van der Waals surface area contributed by atoms with E-state index in [1.165, 1.54) is 0 Å². The number of rotatable bonds is 3. The Balaban J connectivity index is 1.74. The van der Waals surface area contributed by atoms with E-state index in [0.29, 0.717) is 11.1 Å². The van der Waals surface area contributed by atoms with E-state index in [4.69, 9.17) is 18.9 Å². The minimum absolute atomic E-state index is 0.237. The van der Waals surface area contributed by atoms with Crippen molar-refractivity contribution < 1.29 is 28.8 Å². The van der Waals surface area contributed by atoms with E-state index in [2.05, 4.69) is 0 Å². The van der Waals surface area contributed by atoms with Gasteiger partial charge in [-0.3, -0.25) is 4.79 Å². The van der Waals surface area contributed by atoms with Gasteiger partial charge in [-0.05, 0) is 38.8 Å². The zero-order valence-electron chi connectivity index (χ0n) is 18.2. The van der Waals surface area contributed by atoms with Gasteiger partial charge in [0.25, 0.3) is 0 Å². The van der Waals surface area contributed by atoms with Gasteiger partial charge in [-0.2, -0.15) is 0 Å². The summed E-state index contributed by atoms with van der Waals surface area (Å²) in [5.41, 5.74) is -1.82. The fourth-order valence-electron chi connectivity index (χ4n) is 5.43. The van der Waals surface area contributed by atoms with Crippen LogP contribution in [0.1, 0.15) is 45.2 Å². The molecule has 164 valence electrons. The Bertz CT molecular complexity index is 946. The molecule has 0 bridgehead atoms. The van der Waals surface area contributed by atoms with Gasteiger partial charge in [-0.1, -0.05) is 60.7 Å². The van der Waals surface area contributed by atoms with Crippen LogP contribution in [0.15, 0.2) is 60.7 Å². The molecule has 0 amide bonds. The molecular weight excluding hydrogens is 396 g/mol. The van der Waals surface area contributed by atoms with Crippen LogP contribution in [-0.4, -0.2) is 46.4 Å². The van der Waals surface area contributed by atoms with E-state index < -0.39 is 41.1 Å². The number of benzene rings is 2. The fourth-order valence-corrected chi connectivity index (χ4v) is 5.43. The van der Waals surface area contributed by atoms with Crippen molar-refractivity contribution in [1.29, 1.82) is 0 Å². The molecule has 1 saturated carbocycles. The molecule has 1 N–H and O–H groups in total. The lowest BCUT2D eigenvalue weighted by Crippen LogP contribution is -2.67. The summed E-state index contributed by atoms with van der Waals surface area (Å²) in [6.07, 6.45) is -2.11. The minimum Gasteiger partial charge on any atom is -0.377 e. The van der Waals surface area contributed by atoms with Gasteiger partial charge >= 0.3 is 0 Å². The zero-order chi connectivity index (χ0) is 22.1. The summed E-state index contributed by atoms with van der Waals surface area (Å²) in [5, 5.41) is 12.6. The van der Waals surface area contributed by atoms with Crippen LogP contribution in [0.3, 0.4) is 0 Å². The molecule has 2 aliphatic heterocycles. The lowest BCUT2D eigenvalue weighted by molar-refractivity contribution is -0.222. The molecule has 2 aromatic carbocycles. The first kappa shape index (κ1) is 20.8. The molecule has 1 aliphatic carbocycles. The standard InChI is InChI=1S/C25H28O6/c1-22(2)28-18-15-24(21(19(26)20(18)29-22)30-23(3,4)31-24)25(27,16-11-7-5-8-12-16)17-13-9-6-10-14-17/h5-14,18,20-21,27H,15H2,1-4H3/t18-,20-,21+,24-/m1/s1. The third kappa shape index (κ3) is 3.01. The van der Waals surface area contributed by atoms with Crippen molar-refractivity contribution in [2.75, 3.05) is 0 Å². The Kier molecular flexibility index (Phi) is 4.50. The van der Waals surface area contributed by atoms with Gasteiger partial charge < -0.3 is 24.1 Å². The van der Waals surface area contributed by atoms with Gasteiger partial charge in [0.15, 0.2) is 23.5 Å². The predicted octanol–water partition coefficient (Wildman–Crippen LogP) is 3.31. The number of fused-ring (bicyclic) bond motifs is 2. The van der Waals surface area contributed by atoms with Crippen LogP contribution in [0.25, 0.3) is 0 Å². The Morgan fingerprint density at radius 2 is 1.39 bits per heavy atom. The third-order valence-corrected chi connectivity index (χ3v) is 6.48. The summed E-state index contributed by atoms with van der Waals surface area (Å²) in [6.45, 7) is 7.09. The summed E-state index contributed by atoms with van der Waals surface area (Å²) in [4.78, 5) is 13.7. The van der Waals surface area contributed by atoms with E-state index in [1.807, 2.05) is 60.7 Å². The van der Waals surface area contributed by atoms with Crippen LogP contribution < -0.4 is 0 Å². The molecule has 2 saturated heterocycles. The van der Waals surface area contributed by atoms with Crippen molar-refractivity contribution in [2.45, 2.75) is 75.2 Å². The van der Waals surface area contributed by atoms with Crippen LogP contribution in [0, 0.1) is 0 Å². The number of carbonyl (C=O) groups excluding carboxylic acids is 1. The predicted molar refractivity (Wildman–Crippen MR) is 112 cm³/mol. The largest absolute Gasteiger partial charge is 0.377 e. The molecule has 2 aromatic rings. The molecule has 6 heteroatoms. The number of ether oxygens (including phenoxy) is 4. The summed E-state index contributed by atoms with van der Waals surface area (Å²) in [6, 6.07) is 18.6. The molecule has 3 aliphatic rings. The molecular formula is C25H28O6. The molecule has 0 radical (unpaired) electrons. The zero-order valence-corrected chi connectivity index (χ0v) is 18.2. The van der Waals surface area contributed by atoms with E-state index in [1.54, 1.807) is 27.7 Å². The van der Waals surface area contributed by atoms with Gasteiger partial charge in [0.2, 0.25) is 0 Å². The average Bonchev–Trinajstić information content (AvgIpc) is 3.21. The molecule has 6 nitrogen and oxygen atoms in total. The second-order valence-corrected chi connectivity index (χ2v) is 9.53. The highest BCUT2D eigenvalue weighted by Crippen LogP contribution is 2.57. The highest BCUT2D eigenvalue weighted by molar-refractivity contribution is 5.91. The maximum absolute atomic E-state index is 13.7. The van der Waals surface area contributed by atoms with Crippen molar-refractivity contribution in [1.82, 2.24) is 0 Å². The smallest absolute Gasteiger partial charge is 0.196 e. The molecule has 5 rings (SSSR count). The summed E-state index contributed by atoms with van der Waals surface area (Å²) in [5.74, 6) is -2.25.